The molecular weight excluding hydrogens is 259 g/mol. The van der Waals surface area contributed by atoms with Gasteiger partial charge in [0.15, 0.2) is 0 Å². The number of halogens is 2. The Morgan fingerprint density at radius 2 is 2.18 bits per heavy atom. The molecule has 0 bridgehead atoms. The van der Waals surface area contributed by atoms with Crippen LogP contribution in [0.3, 0.4) is 0 Å². The summed E-state index contributed by atoms with van der Waals surface area (Å²) in [5.74, 6) is 6.66. The molecule has 6 heteroatoms. The van der Waals surface area contributed by atoms with Gasteiger partial charge < -0.3 is 5.32 Å². The van der Waals surface area contributed by atoms with E-state index in [0.29, 0.717) is 16.6 Å². The Morgan fingerprint density at radius 1 is 1.35 bits per heavy atom. The van der Waals surface area contributed by atoms with Crippen LogP contribution < -0.4 is 11.2 Å². The maximum Gasteiger partial charge on any atom is 0.208 e. The number of rotatable bonds is 2. The first kappa shape index (κ1) is 12.5. The van der Waals surface area contributed by atoms with E-state index in [4.69, 9.17) is 29.0 Å². The third kappa shape index (κ3) is 3.25. The fraction of sp³-hybridized carbons (Fsp3) is 0.364. The molecule has 92 valence electrons. The van der Waals surface area contributed by atoms with Gasteiger partial charge in [-0.15, -0.1) is 0 Å². The van der Waals surface area contributed by atoms with E-state index in [1.807, 2.05) is 12.1 Å². The molecule has 0 saturated heterocycles. The van der Waals surface area contributed by atoms with Crippen molar-refractivity contribution in [2.24, 2.45) is 10.8 Å². The number of aliphatic imine (C=N–C) groups is 1. The summed E-state index contributed by atoms with van der Waals surface area (Å²) in [7, 11) is 0. The summed E-state index contributed by atoms with van der Waals surface area (Å²) in [5, 5.41) is 5.83. The van der Waals surface area contributed by atoms with Crippen LogP contribution in [0.15, 0.2) is 23.2 Å². The van der Waals surface area contributed by atoms with Crippen LogP contribution in [0.5, 0.6) is 0 Å². The Hall–Kier alpha value is -0.970. The van der Waals surface area contributed by atoms with Gasteiger partial charge in [-0.25, -0.2) is 5.84 Å². The SMILES string of the molecule is NN(Cc1ccc(Cl)c(Cl)c1)C1=NCCCN1. The van der Waals surface area contributed by atoms with Crippen molar-refractivity contribution < 1.29 is 0 Å². The van der Waals surface area contributed by atoms with E-state index in [0.717, 1.165) is 31.0 Å². The number of hydrogen-bond acceptors (Lipinski definition) is 4. The largest absolute Gasteiger partial charge is 0.355 e. The normalized spacial score (nSPS) is 15.1. The lowest BCUT2D eigenvalue weighted by Gasteiger charge is -2.24. The quantitative estimate of drug-likeness (QED) is 0.640. The second-order valence-electron chi connectivity index (χ2n) is 3.86. The van der Waals surface area contributed by atoms with E-state index in [1.54, 1.807) is 11.1 Å². The van der Waals surface area contributed by atoms with Crippen molar-refractivity contribution in [3.8, 4) is 0 Å². The molecule has 0 saturated carbocycles. The average Bonchev–Trinajstić information content (AvgIpc) is 2.35. The molecule has 0 aromatic heterocycles. The molecule has 1 heterocycles. The Morgan fingerprint density at radius 3 is 2.82 bits per heavy atom. The minimum Gasteiger partial charge on any atom is -0.355 e. The van der Waals surface area contributed by atoms with Crippen LogP contribution in [0.2, 0.25) is 10.0 Å². The number of benzene rings is 1. The monoisotopic (exact) mass is 272 g/mol. The zero-order chi connectivity index (χ0) is 12.3. The number of nitrogens with zero attached hydrogens (tertiary/aromatic N) is 2. The molecule has 1 aliphatic heterocycles. The second-order valence-corrected chi connectivity index (χ2v) is 4.68. The number of hydrogen-bond donors (Lipinski definition) is 2. The van der Waals surface area contributed by atoms with Gasteiger partial charge in [0.2, 0.25) is 5.96 Å². The fourth-order valence-electron chi connectivity index (χ4n) is 1.62. The van der Waals surface area contributed by atoms with E-state index in [2.05, 4.69) is 10.3 Å². The average molecular weight is 273 g/mol. The molecule has 0 fully saturated rings. The van der Waals surface area contributed by atoms with E-state index < -0.39 is 0 Å². The van der Waals surface area contributed by atoms with Gasteiger partial charge in [0.05, 0.1) is 16.6 Å². The lowest BCUT2D eigenvalue weighted by molar-refractivity contribution is 0.407. The third-order valence-electron chi connectivity index (χ3n) is 2.49. The Kier molecular flexibility index (Phi) is 4.10. The number of guanidine groups is 1. The standard InChI is InChI=1S/C11H14Cl2N4/c12-9-3-2-8(6-10(9)13)7-17(14)11-15-4-1-5-16-11/h2-3,6H,1,4-5,7,14H2,(H,15,16). The van der Waals surface area contributed by atoms with E-state index >= 15 is 0 Å². The molecule has 0 atom stereocenters. The Labute approximate surface area is 110 Å². The molecule has 0 aliphatic carbocycles. The Bertz CT molecular complexity index is 433. The third-order valence-corrected chi connectivity index (χ3v) is 3.23. The maximum absolute atomic E-state index is 5.95. The highest BCUT2D eigenvalue weighted by Crippen LogP contribution is 2.22. The Balaban J connectivity index is 2.04. The van der Waals surface area contributed by atoms with Gasteiger partial charge in [-0.05, 0) is 24.1 Å². The van der Waals surface area contributed by atoms with Gasteiger partial charge in [-0.2, -0.15) is 0 Å². The predicted octanol–water partition coefficient (Wildman–Crippen LogP) is 2.02. The molecule has 1 aromatic rings. The van der Waals surface area contributed by atoms with E-state index in [1.165, 1.54) is 0 Å². The maximum atomic E-state index is 5.95. The van der Waals surface area contributed by atoms with Crippen LogP contribution in [-0.4, -0.2) is 24.1 Å². The van der Waals surface area contributed by atoms with Crippen molar-refractivity contribution in [1.82, 2.24) is 10.3 Å². The molecule has 0 unspecified atom stereocenters. The minimum absolute atomic E-state index is 0.538. The summed E-state index contributed by atoms with van der Waals surface area (Å²) in [6, 6.07) is 5.48. The first-order valence-electron chi connectivity index (χ1n) is 5.41. The van der Waals surface area contributed by atoms with Crippen LogP contribution >= 0.6 is 23.2 Å². The highest BCUT2D eigenvalue weighted by molar-refractivity contribution is 6.42. The van der Waals surface area contributed by atoms with Crippen molar-refractivity contribution in [1.29, 1.82) is 0 Å². The second kappa shape index (κ2) is 5.58. The fourth-order valence-corrected chi connectivity index (χ4v) is 1.94. The minimum atomic E-state index is 0.538. The molecule has 0 spiro atoms. The molecule has 3 N–H and O–H groups in total. The molecule has 4 nitrogen and oxygen atoms in total. The van der Waals surface area contributed by atoms with Crippen molar-refractivity contribution >= 4 is 29.2 Å². The lowest BCUT2D eigenvalue weighted by Crippen LogP contribution is -2.47. The van der Waals surface area contributed by atoms with Crippen molar-refractivity contribution in [2.75, 3.05) is 13.1 Å². The molecule has 0 amide bonds. The number of nitrogens with one attached hydrogen (secondary N) is 1. The van der Waals surface area contributed by atoms with Crippen LogP contribution in [0.25, 0.3) is 0 Å². The highest BCUT2D eigenvalue weighted by atomic mass is 35.5. The molecule has 2 rings (SSSR count). The lowest BCUT2D eigenvalue weighted by atomic mass is 10.2. The predicted molar refractivity (Wildman–Crippen MR) is 71.1 cm³/mol. The van der Waals surface area contributed by atoms with Crippen molar-refractivity contribution in [2.45, 2.75) is 13.0 Å². The van der Waals surface area contributed by atoms with Crippen LogP contribution in [-0.2, 0) is 6.54 Å². The first-order valence-corrected chi connectivity index (χ1v) is 6.17. The summed E-state index contributed by atoms with van der Waals surface area (Å²) in [6.45, 7) is 2.27. The zero-order valence-corrected chi connectivity index (χ0v) is 10.8. The summed E-state index contributed by atoms with van der Waals surface area (Å²) in [5.41, 5.74) is 0.997. The molecular formula is C11H14Cl2N4. The zero-order valence-electron chi connectivity index (χ0n) is 9.29. The van der Waals surface area contributed by atoms with Gasteiger partial charge in [-0.1, -0.05) is 29.3 Å². The van der Waals surface area contributed by atoms with Gasteiger partial charge >= 0.3 is 0 Å². The van der Waals surface area contributed by atoms with Gasteiger partial charge in [0, 0.05) is 13.1 Å². The smallest absolute Gasteiger partial charge is 0.208 e. The summed E-state index contributed by atoms with van der Waals surface area (Å²) in [4.78, 5) is 4.31. The summed E-state index contributed by atoms with van der Waals surface area (Å²) < 4.78 is 0. The van der Waals surface area contributed by atoms with Crippen LogP contribution in [0.4, 0.5) is 0 Å². The summed E-state index contributed by atoms with van der Waals surface area (Å²) >= 11 is 11.8. The van der Waals surface area contributed by atoms with Crippen LogP contribution in [0.1, 0.15) is 12.0 Å². The van der Waals surface area contributed by atoms with Gasteiger partial charge in [0.1, 0.15) is 0 Å². The van der Waals surface area contributed by atoms with Crippen LogP contribution in [0, 0.1) is 0 Å². The summed E-state index contributed by atoms with van der Waals surface area (Å²) in [6.07, 6.45) is 1.05. The van der Waals surface area contributed by atoms with Crippen molar-refractivity contribution in [3.05, 3.63) is 33.8 Å². The molecule has 1 aromatic carbocycles. The highest BCUT2D eigenvalue weighted by Gasteiger charge is 2.11. The molecule has 17 heavy (non-hydrogen) atoms. The number of hydrazine groups is 1. The first-order chi connectivity index (χ1) is 8.16. The molecule has 1 aliphatic rings. The molecule has 0 radical (unpaired) electrons. The van der Waals surface area contributed by atoms with E-state index in [9.17, 15) is 0 Å². The van der Waals surface area contributed by atoms with Gasteiger partial charge in [0.25, 0.3) is 0 Å². The topological polar surface area (TPSA) is 53.6 Å². The van der Waals surface area contributed by atoms with Gasteiger partial charge in [-0.3, -0.25) is 10.0 Å². The van der Waals surface area contributed by atoms with Crippen molar-refractivity contribution in [3.63, 3.8) is 0 Å². The number of nitrogens with two attached hydrogens (primary N) is 1. The van der Waals surface area contributed by atoms with E-state index in [-0.39, 0.29) is 0 Å².